The van der Waals surface area contributed by atoms with Gasteiger partial charge in [0.2, 0.25) is 0 Å². The zero-order valence-electron chi connectivity index (χ0n) is 27.7. The summed E-state index contributed by atoms with van der Waals surface area (Å²) in [5, 5.41) is 3.63. The minimum atomic E-state index is -2.39. The molecule has 4 heterocycles. The van der Waals surface area contributed by atoms with Crippen molar-refractivity contribution in [3.05, 3.63) is 108 Å². The van der Waals surface area contributed by atoms with Crippen LogP contribution in [-0.4, -0.2) is 17.6 Å². The van der Waals surface area contributed by atoms with E-state index < -0.39 is 26.6 Å². The maximum Gasteiger partial charge on any atom is 0.162 e. The van der Waals surface area contributed by atoms with Gasteiger partial charge in [0.25, 0.3) is 0 Å². The third-order valence-corrected chi connectivity index (χ3v) is 12.4. The van der Waals surface area contributed by atoms with E-state index in [-0.39, 0.29) is 5.56 Å². The molecule has 7 aromatic rings. The molecule has 0 amide bonds. The van der Waals surface area contributed by atoms with Gasteiger partial charge >= 0.3 is 0 Å². The molecule has 0 saturated carbocycles. The Balaban J connectivity index is 1.37. The number of furan rings is 1. The SMILES string of the molecule is [2H]C([2H])([2H])c1cnc(-c2cccc3c2oc2c(-n4c5ccccc5c5ccccc54)c(F)ccc23)cc1C1([2H])CC[Si](C)(C)CC1. The second kappa shape index (κ2) is 9.40. The zero-order valence-corrected chi connectivity index (χ0v) is 24.7. The molecule has 1 fully saturated rings. The van der Waals surface area contributed by atoms with Crippen molar-refractivity contribution >= 4 is 51.8 Å². The number of para-hydroxylation sites is 3. The van der Waals surface area contributed by atoms with Crippen molar-refractivity contribution in [2.24, 2.45) is 0 Å². The molecule has 0 spiro atoms. The number of pyridine rings is 1. The van der Waals surface area contributed by atoms with Crippen LogP contribution < -0.4 is 0 Å². The average Bonchev–Trinajstić information content (AvgIpc) is 3.58. The average molecular weight is 573 g/mol. The van der Waals surface area contributed by atoms with Crippen molar-refractivity contribution < 1.29 is 14.3 Å². The molecular formula is C37H33FN2OSi. The molecule has 1 saturated heterocycles. The lowest BCUT2D eigenvalue weighted by molar-refractivity contribution is 0.598. The van der Waals surface area contributed by atoms with Gasteiger partial charge in [0.05, 0.1) is 16.7 Å². The highest BCUT2D eigenvalue weighted by Gasteiger charge is 2.30. The zero-order chi connectivity index (χ0) is 32.0. The highest BCUT2D eigenvalue weighted by Crippen LogP contribution is 2.43. The molecule has 3 aromatic heterocycles. The number of rotatable bonds is 3. The maximum absolute atomic E-state index is 16.0. The van der Waals surface area contributed by atoms with Crippen LogP contribution in [0.15, 0.2) is 95.5 Å². The van der Waals surface area contributed by atoms with Crippen LogP contribution in [0.4, 0.5) is 4.39 Å². The van der Waals surface area contributed by atoms with Crippen LogP contribution in [-0.2, 0) is 0 Å². The molecule has 0 N–H and O–H groups in total. The lowest BCUT2D eigenvalue weighted by atomic mass is 9.89. The van der Waals surface area contributed by atoms with Gasteiger partial charge in [0.15, 0.2) is 11.4 Å². The largest absolute Gasteiger partial charge is 0.453 e. The molecule has 4 aromatic carbocycles. The standard InChI is InChI=1S/C37H33FN2OSi/c1-23-22-39-32(21-30(23)24-17-19-42(2,3)20-18-24)29-12-8-11-27-28-15-16-31(38)35(37(28)41-36(27)29)40-33-13-6-4-9-25(33)26-10-5-7-14-34(26)40/h4-16,21-22,24H,17-20H2,1-3H3/i1D3,24D. The molecule has 8 rings (SSSR count). The molecule has 0 atom stereocenters. The topological polar surface area (TPSA) is 31.0 Å². The van der Waals surface area contributed by atoms with Gasteiger partial charge < -0.3 is 8.98 Å². The maximum atomic E-state index is 16.0. The van der Waals surface area contributed by atoms with E-state index in [1.165, 1.54) is 12.3 Å². The Morgan fingerprint density at radius 2 is 1.52 bits per heavy atom. The first-order chi connectivity index (χ1) is 22.0. The van der Waals surface area contributed by atoms with Crippen molar-refractivity contribution in [3.63, 3.8) is 0 Å². The lowest BCUT2D eigenvalue weighted by Gasteiger charge is -2.33. The molecule has 0 unspecified atom stereocenters. The summed E-state index contributed by atoms with van der Waals surface area (Å²) in [4.78, 5) is 4.65. The van der Waals surface area contributed by atoms with Crippen molar-refractivity contribution in [1.82, 2.24) is 9.55 Å². The summed E-state index contributed by atoms with van der Waals surface area (Å²) in [6, 6.07) is 28.7. The number of hydrogen-bond acceptors (Lipinski definition) is 2. The first-order valence-electron chi connectivity index (χ1n) is 16.6. The molecule has 208 valence electrons. The lowest BCUT2D eigenvalue weighted by Crippen LogP contribution is -2.30. The third-order valence-electron chi connectivity index (χ3n) is 9.16. The Labute approximate surface area is 251 Å². The van der Waals surface area contributed by atoms with Crippen LogP contribution in [0, 0.1) is 12.7 Å². The normalized spacial score (nSPS) is 18.3. The summed E-state index contributed by atoms with van der Waals surface area (Å²) in [5.74, 6) is -1.40. The van der Waals surface area contributed by atoms with Crippen LogP contribution in [0.5, 0.6) is 0 Å². The Bertz CT molecular complexity index is 2280. The predicted molar refractivity (Wildman–Crippen MR) is 175 cm³/mol. The van der Waals surface area contributed by atoms with Gasteiger partial charge in [0.1, 0.15) is 11.3 Å². The van der Waals surface area contributed by atoms with Gasteiger partial charge in [-0.2, -0.15) is 0 Å². The Morgan fingerprint density at radius 3 is 2.24 bits per heavy atom. The fraction of sp³-hybridized carbons (Fsp3) is 0.216. The van der Waals surface area contributed by atoms with E-state index in [1.54, 1.807) is 12.1 Å². The van der Waals surface area contributed by atoms with E-state index in [0.29, 0.717) is 46.5 Å². The van der Waals surface area contributed by atoms with E-state index in [4.69, 9.17) is 8.53 Å². The van der Waals surface area contributed by atoms with Crippen LogP contribution in [0.25, 0.3) is 60.7 Å². The van der Waals surface area contributed by atoms with Gasteiger partial charge in [-0.25, -0.2) is 4.39 Å². The highest BCUT2D eigenvalue weighted by atomic mass is 28.3. The van der Waals surface area contributed by atoms with E-state index >= 15 is 4.39 Å². The van der Waals surface area contributed by atoms with Gasteiger partial charge in [0, 0.05) is 46.9 Å². The second-order valence-electron chi connectivity index (χ2n) is 12.3. The number of fused-ring (bicyclic) bond motifs is 6. The number of hydrogen-bond donors (Lipinski definition) is 0. The first-order valence-corrected chi connectivity index (χ1v) is 18.0. The summed E-state index contributed by atoms with van der Waals surface area (Å²) < 4.78 is 58.9. The molecule has 0 radical (unpaired) electrons. The first kappa shape index (κ1) is 21.5. The van der Waals surface area contributed by atoms with E-state index in [1.807, 2.05) is 71.3 Å². The Morgan fingerprint density at radius 1 is 0.857 bits per heavy atom. The predicted octanol–water partition coefficient (Wildman–Crippen LogP) is 10.8. The van der Waals surface area contributed by atoms with Crippen LogP contribution in [0.1, 0.15) is 35.3 Å². The van der Waals surface area contributed by atoms with Gasteiger partial charge in [-0.3, -0.25) is 4.98 Å². The smallest absolute Gasteiger partial charge is 0.162 e. The quantitative estimate of drug-likeness (QED) is 0.197. The van der Waals surface area contributed by atoms with Gasteiger partial charge in [-0.05, 0) is 73.1 Å². The number of halogens is 1. The van der Waals surface area contributed by atoms with Crippen molar-refractivity contribution in [2.75, 3.05) is 0 Å². The number of aromatic nitrogens is 2. The van der Waals surface area contributed by atoms with Crippen LogP contribution in [0.2, 0.25) is 25.2 Å². The van der Waals surface area contributed by atoms with E-state index in [0.717, 1.165) is 44.7 Å². The summed E-state index contributed by atoms with van der Waals surface area (Å²) in [6.45, 7) is 2.29. The highest BCUT2D eigenvalue weighted by molar-refractivity contribution is 6.77. The molecule has 0 aliphatic carbocycles. The van der Waals surface area contributed by atoms with E-state index in [2.05, 4.69) is 18.1 Å². The van der Waals surface area contributed by atoms with Gasteiger partial charge in [-0.1, -0.05) is 73.7 Å². The molecule has 5 heteroatoms. The molecule has 0 bridgehead atoms. The summed E-state index contributed by atoms with van der Waals surface area (Å²) in [7, 11) is -1.40. The summed E-state index contributed by atoms with van der Waals surface area (Å²) in [5.41, 5.74) is 4.93. The molecule has 1 aliphatic rings. The third kappa shape index (κ3) is 3.87. The van der Waals surface area contributed by atoms with Gasteiger partial charge in [-0.15, -0.1) is 0 Å². The van der Waals surface area contributed by atoms with Crippen molar-refractivity contribution in [1.29, 1.82) is 0 Å². The Hall–Kier alpha value is -4.22. The minimum Gasteiger partial charge on any atom is -0.453 e. The van der Waals surface area contributed by atoms with Crippen LogP contribution >= 0.6 is 0 Å². The second-order valence-corrected chi connectivity index (χ2v) is 17.6. The molecule has 42 heavy (non-hydrogen) atoms. The van der Waals surface area contributed by atoms with Crippen molar-refractivity contribution in [3.8, 4) is 16.9 Å². The molecule has 1 aliphatic heterocycles. The van der Waals surface area contributed by atoms with Crippen LogP contribution in [0.3, 0.4) is 0 Å². The monoisotopic (exact) mass is 572 g/mol. The molecule has 3 nitrogen and oxygen atoms in total. The number of aryl methyl sites for hydroxylation is 1. The van der Waals surface area contributed by atoms with Crippen molar-refractivity contribution in [2.45, 2.75) is 50.8 Å². The fourth-order valence-corrected chi connectivity index (χ4v) is 9.00. The fourth-order valence-electron chi connectivity index (χ4n) is 6.79. The summed E-state index contributed by atoms with van der Waals surface area (Å²) in [6.07, 6.45) is 2.69. The number of nitrogens with zero attached hydrogens (tertiary/aromatic N) is 2. The summed E-state index contributed by atoms with van der Waals surface area (Å²) >= 11 is 0. The van der Waals surface area contributed by atoms with E-state index in [9.17, 15) is 1.37 Å². The number of benzene rings is 4. The minimum absolute atomic E-state index is 0.139. The Kier molecular flexibility index (Phi) is 4.81. The molecular weight excluding hydrogens is 536 g/mol.